The van der Waals surface area contributed by atoms with E-state index in [4.69, 9.17) is 5.41 Å². The van der Waals surface area contributed by atoms with Crippen molar-refractivity contribution in [2.75, 3.05) is 0 Å². The number of hydrogen-bond acceptors (Lipinski definition) is 5. The van der Waals surface area contributed by atoms with Gasteiger partial charge in [-0.2, -0.15) is 0 Å². The van der Waals surface area contributed by atoms with E-state index in [1.165, 1.54) is 24.3 Å². The minimum atomic E-state index is -0.998. The van der Waals surface area contributed by atoms with Crippen LogP contribution in [0.15, 0.2) is 24.3 Å². The third kappa shape index (κ3) is 7.38. The Kier molecular flexibility index (Phi) is 8.64. The van der Waals surface area contributed by atoms with E-state index < -0.39 is 29.7 Å². The first-order chi connectivity index (χ1) is 14.3. The molecule has 2 rings (SSSR count). The molecule has 1 fully saturated rings. The van der Waals surface area contributed by atoms with Crippen LogP contribution < -0.4 is 16.0 Å². The van der Waals surface area contributed by atoms with Crippen molar-refractivity contribution in [3.63, 3.8) is 0 Å². The Labute approximate surface area is 174 Å². The standard InChI is InChI=1S/C21H27FN4O4/c1-2-18(28)26-19(14-5-6-14)21(30)25-17(10-9-16(27)11-23)20(29)24-12-13-3-7-15(22)8-4-13/h3-4,7-8,11,14,17,19,23H,2,5-6,9-10,12H2,1H3,(H,24,29)(H,25,30)(H,26,28)/t17-,19-/m0/s1. The van der Waals surface area contributed by atoms with Gasteiger partial charge >= 0.3 is 0 Å². The molecule has 1 saturated carbocycles. The molecule has 30 heavy (non-hydrogen) atoms. The molecule has 0 heterocycles. The van der Waals surface area contributed by atoms with Crippen molar-refractivity contribution in [3.8, 4) is 0 Å². The molecule has 1 aliphatic carbocycles. The smallest absolute Gasteiger partial charge is 0.243 e. The molecule has 2 atom stereocenters. The van der Waals surface area contributed by atoms with Crippen LogP contribution in [0.4, 0.5) is 4.39 Å². The van der Waals surface area contributed by atoms with E-state index in [1.54, 1.807) is 6.92 Å². The van der Waals surface area contributed by atoms with Gasteiger partial charge in [-0.15, -0.1) is 0 Å². The third-order valence-electron chi connectivity index (χ3n) is 4.87. The van der Waals surface area contributed by atoms with Gasteiger partial charge in [0.05, 0.1) is 6.21 Å². The highest BCUT2D eigenvalue weighted by atomic mass is 19.1. The Morgan fingerprint density at radius 1 is 1.13 bits per heavy atom. The van der Waals surface area contributed by atoms with E-state index in [2.05, 4.69) is 16.0 Å². The maximum Gasteiger partial charge on any atom is 0.243 e. The van der Waals surface area contributed by atoms with Gasteiger partial charge in [-0.3, -0.25) is 19.2 Å². The third-order valence-corrected chi connectivity index (χ3v) is 4.87. The predicted molar refractivity (Wildman–Crippen MR) is 108 cm³/mol. The van der Waals surface area contributed by atoms with Crippen LogP contribution in [0.2, 0.25) is 0 Å². The molecule has 0 aliphatic heterocycles. The van der Waals surface area contributed by atoms with Gasteiger partial charge in [0.1, 0.15) is 17.9 Å². The number of rotatable bonds is 12. The lowest BCUT2D eigenvalue weighted by atomic mass is 10.1. The molecule has 3 amide bonds. The number of carbonyl (C=O) groups is 4. The zero-order valence-electron chi connectivity index (χ0n) is 16.9. The Hall–Kier alpha value is -3.10. The van der Waals surface area contributed by atoms with Crippen molar-refractivity contribution in [3.05, 3.63) is 35.6 Å². The summed E-state index contributed by atoms with van der Waals surface area (Å²) in [4.78, 5) is 48.6. The van der Waals surface area contributed by atoms with E-state index in [9.17, 15) is 23.6 Å². The maximum absolute atomic E-state index is 13.0. The fourth-order valence-electron chi connectivity index (χ4n) is 2.91. The molecule has 0 radical (unpaired) electrons. The molecular weight excluding hydrogens is 391 g/mol. The van der Waals surface area contributed by atoms with Crippen LogP contribution in [0.25, 0.3) is 0 Å². The van der Waals surface area contributed by atoms with Gasteiger partial charge in [0.15, 0.2) is 5.78 Å². The molecule has 0 unspecified atom stereocenters. The second-order valence-corrected chi connectivity index (χ2v) is 7.29. The van der Waals surface area contributed by atoms with E-state index in [-0.39, 0.29) is 43.4 Å². The van der Waals surface area contributed by atoms with Crippen molar-refractivity contribution in [2.45, 2.75) is 57.7 Å². The van der Waals surface area contributed by atoms with Crippen LogP contribution in [-0.2, 0) is 25.7 Å². The molecule has 0 aromatic heterocycles. The lowest BCUT2D eigenvalue weighted by molar-refractivity contribution is -0.132. The number of carbonyl (C=O) groups excluding carboxylic acids is 4. The lowest BCUT2D eigenvalue weighted by Gasteiger charge is -2.23. The normalized spacial score (nSPS) is 14.9. The van der Waals surface area contributed by atoms with Crippen molar-refractivity contribution >= 4 is 29.7 Å². The molecule has 0 saturated heterocycles. The summed E-state index contributed by atoms with van der Waals surface area (Å²) in [6.45, 7) is 1.81. The van der Waals surface area contributed by atoms with Gasteiger partial charge in [-0.25, -0.2) is 4.39 Å². The van der Waals surface area contributed by atoms with Crippen LogP contribution >= 0.6 is 0 Å². The number of ketones is 1. The first-order valence-corrected chi connectivity index (χ1v) is 9.99. The van der Waals surface area contributed by atoms with Crippen LogP contribution in [0.5, 0.6) is 0 Å². The molecular formula is C21H27FN4O4. The molecule has 162 valence electrons. The van der Waals surface area contributed by atoms with Gasteiger partial charge in [-0.1, -0.05) is 19.1 Å². The summed E-state index contributed by atoms with van der Waals surface area (Å²) >= 11 is 0. The van der Waals surface area contributed by atoms with Crippen molar-refractivity contribution in [1.82, 2.24) is 16.0 Å². The van der Waals surface area contributed by atoms with Gasteiger partial charge in [0.2, 0.25) is 17.7 Å². The molecule has 0 bridgehead atoms. The SMILES string of the molecule is CCC(=O)N[C@H](C(=O)N[C@@H](CCC(=O)C=N)C(=O)NCc1ccc(F)cc1)C1CC1. The van der Waals surface area contributed by atoms with Crippen LogP contribution in [0.3, 0.4) is 0 Å². The Morgan fingerprint density at radius 3 is 2.37 bits per heavy atom. The molecule has 9 heteroatoms. The fraction of sp³-hybridized carbons (Fsp3) is 0.476. The largest absolute Gasteiger partial charge is 0.350 e. The number of amides is 3. The average molecular weight is 418 g/mol. The first kappa shape index (κ1) is 23.2. The van der Waals surface area contributed by atoms with Crippen molar-refractivity contribution in [2.24, 2.45) is 5.92 Å². The number of benzene rings is 1. The second-order valence-electron chi connectivity index (χ2n) is 7.29. The Balaban J connectivity index is 2.02. The zero-order valence-corrected chi connectivity index (χ0v) is 16.9. The van der Waals surface area contributed by atoms with Gasteiger partial charge in [-0.05, 0) is 42.9 Å². The van der Waals surface area contributed by atoms with E-state index in [1.807, 2.05) is 0 Å². The van der Waals surface area contributed by atoms with Crippen LogP contribution in [-0.4, -0.2) is 41.8 Å². The zero-order chi connectivity index (χ0) is 22.1. The number of halogens is 1. The van der Waals surface area contributed by atoms with Gasteiger partial charge < -0.3 is 21.4 Å². The monoisotopic (exact) mass is 418 g/mol. The fourth-order valence-corrected chi connectivity index (χ4v) is 2.91. The van der Waals surface area contributed by atoms with Crippen molar-refractivity contribution < 1.29 is 23.6 Å². The maximum atomic E-state index is 13.0. The highest BCUT2D eigenvalue weighted by Crippen LogP contribution is 2.32. The molecule has 8 nitrogen and oxygen atoms in total. The predicted octanol–water partition coefficient (Wildman–Crippen LogP) is 1.23. The molecule has 1 aromatic rings. The Morgan fingerprint density at radius 2 is 1.80 bits per heavy atom. The Bertz CT molecular complexity index is 793. The van der Waals surface area contributed by atoms with Crippen molar-refractivity contribution in [1.29, 1.82) is 5.41 Å². The molecule has 0 spiro atoms. The van der Waals surface area contributed by atoms with Gasteiger partial charge in [0.25, 0.3) is 0 Å². The first-order valence-electron chi connectivity index (χ1n) is 9.99. The summed E-state index contributed by atoms with van der Waals surface area (Å²) in [7, 11) is 0. The minimum Gasteiger partial charge on any atom is -0.350 e. The van der Waals surface area contributed by atoms with Crippen LogP contribution in [0, 0.1) is 17.1 Å². The van der Waals surface area contributed by atoms with E-state index in [0.717, 1.165) is 12.8 Å². The van der Waals surface area contributed by atoms with Crippen LogP contribution in [0.1, 0.15) is 44.6 Å². The average Bonchev–Trinajstić information content (AvgIpc) is 3.58. The van der Waals surface area contributed by atoms with E-state index in [0.29, 0.717) is 11.8 Å². The highest BCUT2D eigenvalue weighted by molar-refractivity contribution is 6.26. The number of hydrogen-bond donors (Lipinski definition) is 4. The minimum absolute atomic E-state index is 0.0221. The summed E-state index contributed by atoms with van der Waals surface area (Å²) in [6.07, 6.45) is 2.49. The quantitative estimate of drug-likeness (QED) is 0.381. The summed E-state index contributed by atoms with van der Waals surface area (Å²) in [5.74, 6) is -2.03. The topological polar surface area (TPSA) is 128 Å². The molecule has 1 aromatic carbocycles. The second kappa shape index (κ2) is 11.2. The van der Waals surface area contributed by atoms with E-state index >= 15 is 0 Å². The van der Waals surface area contributed by atoms with Gasteiger partial charge in [0, 0.05) is 19.4 Å². The number of nitrogens with one attached hydrogen (secondary N) is 4. The highest BCUT2D eigenvalue weighted by Gasteiger charge is 2.38. The summed E-state index contributed by atoms with van der Waals surface area (Å²) < 4.78 is 13.0. The number of Topliss-reactive ketones (excluding diaryl/α,β-unsaturated/α-hetero) is 1. The molecule has 1 aliphatic rings. The summed E-state index contributed by atoms with van der Waals surface area (Å²) in [5, 5.41) is 15.0. The summed E-state index contributed by atoms with van der Waals surface area (Å²) in [6, 6.07) is 3.90. The summed E-state index contributed by atoms with van der Waals surface area (Å²) in [5.41, 5.74) is 0.677. The lowest BCUT2D eigenvalue weighted by Crippen LogP contribution is -2.54. The molecule has 4 N–H and O–H groups in total.